The first-order valence-corrected chi connectivity index (χ1v) is 10.5. The standard InChI is InChI=1S/C24H26N4O3/c1-3-27(4-2)12-13-28-21(16-8-7-11-25-14-16)20(23(30)24(28)31)22(29)18-15-26-19-10-6-5-9-17(18)19/h5-11,14-15,21,26,29H,3-4,12-13H2,1-2H3/b22-20-. The SMILES string of the molecule is CCN(CC)CCN1C(=O)C(=O)/C(=C(\O)c2c[nH]c3ccccc23)C1c1cccnc1. The minimum Gasteiger partial charge on any atom is -0.507 e. The number of aromatic nitrogens is 2. The van der Waals surface area contributed by atoms with Gasteiger partial charge in [0.25, 0.3) is 11.7 Å². The van der Waals surface area contributed by atoms with Crippen molar-refractivity contribution >= 4 is 28.4 Å². The van der Waals surface area contributed by atoms with E-state index in [0.717, 1.165) is 24.0 Å². The highest BCUT2D eigenvalue weighted by molar-refractivity contribution is 6.46. The summed E-state index contributed by atoms with van der Waals surface area (Å²) >= 11 is 0. The van der Waals surface area contributed by atoms with E-state index in [4.69, 9.17) is 0 Å². The Morgan fingerprint density at radius 1 is 1.16 bits per heavy atom. The Balaban J connectivity index is 1.82. The quantitative estimate of drug-likeness (QED) is 0.349. The van der Waals surface area contributed by atoms with E-state index in [0.29, 0.717) is 24.2 Å². The van der Waals surface area contributed by atoms with Gasteiger partial charge in [-0.15, -0.1) is 0 Å². The van der Waals surface area contributed by atoms with Crippen LogP contribution in [-0.4, -0.2) is 62.7 Å². The molecule has 0 radical (unpaired) electrons. The first kappa shape index (κ1) is 20.8. The number of fused-ring (bicyclic) bond motifs is 1. The minimum atomic E-state index is -0.682. The Hall–Kier alpha value is -3.45. The van der Waals surface area contributed by atoms with Crippen LogP contribution in [0.2, 0.25) is 0 Å². The van der Waals surface area contributed by atoms with Gasteiger partial charge in [-0.05, 0) is 30.8 Å². The molecule has 3 heterocycles. The molecule has 0 aliphatic carbocycles. The van der Waals surface area contributed by atoms with Crippen molar-refractivity contribution in [2.24, 2.45) is 0 Å². The first-order chi connectivity index (χ1) is 15.1. The molecule has 1 saturated heterocycles. The van der Waals surface area contributed by atoms with Gasteiger partial charge in [0.1, 0.15) is 5.76 Å². The van der Waals surface area contributed by atoms with Crippen molar-refractivity contribution in [3.63, 3.8) is 0 Å². The Kier molecular flexibility index (Phi) is 5.86. The van der Waals surface area contributed by atoms with Gasteiger partial charge in [-0.1, -0.05) is 38.1 Å². The summed E-state index contributed by atoms with van der Waals surface area (Å²) in [4.78, 5) is 37.2. The molecular formula is C24H26N4O3. The average Bonchev–Trinajstić information content (AvgIpc) is 3.34. The molecule has 0 spiro atoms. The molecule has 160 valence electrons. The third kappa shape index (κ3) is 3.72. The number of likely N-dealkylation sites (tertiary alicyclic amines) is 1. The average molecular weight is 418 g/mol. The van der Waals surface area contributed by atoms with E-state index in [1.807, 2.05) is 30.3 Å². The monoisotopic (exact) mass is 418 g/mol. The summed E-state index contributed by atoms with van der Waals surface area (Å²) < 4.78 is 0. The fraction of sp³-hybridized carbons (Fsp3) is 0.292. The molecule has 1 atom stereocenters. The number of amides is 1. The number of rotatable bonds is 7. The lowest BCUT2D eigenvalue weighted by molar-refractivity contribution is -0.140. The van der Waals surface area contributed by atoms with Crippen LogP contribution in [0.5, 0.6) is 0 Å². The Morgan fingerprint density at radius 3 is 2.65 bits per heavy atom. The molecule has 0 saturated carbocycles. The number of para-hydroxylation sites is 1. The maximum Gasteiger partial charge on any atom is 0.295 e. The number of H-pyrrole nitrogens is 1. The highest BCUT2D eigenvalue weighted by Crippen LogP contribution is 2.40. The predicted octanol–water partition coefficient (Wildman–Crippen LogP) is 3.33. The van der Waals surface area contributed by atoms with Gasteiger partial charge in [-0.25, -0.2) is 0 Å². The van der Waals surface area contributed by atoms with E-state index in [1.165, 1.54) is 0 Å². The molecule has 1 amide bonds. The number of hydrogen-bond donors (Lipinski definition) is 2. The molecule has 2 N–H and O–H groups in total. The summed E-state index contributed by atoms with van der Waals surface area (Å²) in [6, 6.07) is 10.4. The van der Waals surface area contributed by atoms with Crippen molar-refractivity contribution in [3.8, 4) is 0 Å². The third-order valence-electron chi connectivity index (χ3n) is 5.94. The smallest absolute Gasteiger partial charge is 0.295 e. The summed E-state index contributed by atoms with van der Waals surface area (Å²) in [7, 11) is 0. The van der Waals surface area contributed by atoms with E-state index in [-0.39, 0.29) is 11.3 Å². The number of Topliss-reactive ketones (excluding diaryl/α,β-unsaturated/α-hetero) is 1. The van der Waals surface area contributed by atoms with Crippen LogP contribution in [-0.2, 0) is 9.59 Å². The Bertz CT molecular complexity index is 1130. The van der Waals surface area contributed by atoms with Crippen molar-refractivity contribution in [3.05, 3.63) is 71.7 Å². The van der Waals surface area contributed by atoms with E-state index in [9.17, 15) is 14.7 Å². The molecule has 1 aliphatic heterocycles. The summed E-state index contributed by atoms with van der Waals surface area (Å²) in [6.07, 6.45) is 4.96. The van der Waals surface area contributed by atoms with E-state index in [2.05, 4.69) is 28.7 Å². The highest BCUT2D eigenvalue weighted by Gasteiger charge is 2.46. The van der Waals surface area contributed by atoms with Gasteiger partial charge < -0.3 is 19.9 Å². The maximum absolute atomic E-state index is 13.1. The number of aliphatic hydroxyl groups is 1. The highest BCUT2D eigenvalue weighted by atomic mass is 16.3. The number of carbonyl (C=O) groups excluding carboxylic acids is 2. The minimum absolute atomic E-state index is 0.0994. The van der Waals surface area contributed by atoms with Gasteiger partial charge in [0.2, 0.25) is 0 Å². The lowest BCUT2D eigenvalue weighted by Gasteiger charge is -2.27. The fourth-order valence-electron chi connectivity index (χ4n) is 4.20. The molecule has 7 heteroatoms. The van der Waals surface area contributed by atoms with Crippen LogP contribution >= 0.6 is 0 Å². The van der Waals surface area contributed by atoms with Crippen molar-refractivity contribution in [2.45, 2.75) is 19.9 Å². The number of pyridine rings is 1. The summed E-state index contributed by atoms with van der Waals surface area (Å²) in [5.74, 6) is -1.44. The molecule has 0 bridgehead atoms. The number of carbonyl (C=O) groups is 2. The summed E-state index contributed by atoms with van der Waals surface area (Å²) in [6.45, 7) is 6.86. The molecular weight excluding hydrogens is 392 g/mol. The molecule has 1 fully saturated rings. The summed E-state index contributed by atoms with van der Waals surface area (Å²) in [5.41, 5.74) is 2.15. The number of aromatic amines is 1. The fourth-order valence-corrected chi connectivity index (χ4v) is 4.20. The van der Waals surface area contributed by atoms with Crippen LogP contribution in [0.4, 0.5) is 0 Å². The molecule has 1 unspecified atom stereocenters. The topological polar surface area (TPSA) is 89.5 Å². The second kappa shape index (κ2) is 8.73. The number of nitrogens with one attached hydrogen (secondary N) is 1. The van der Waals surface area contributed by atoms with E-state index in [1.54, 1.807) is 29.6 Å². The molecule has 31 heavy (non-hydrogen) atoms. The number of hydrogen-bond acceptors (Lipinski definition) is 5. The van der Waals surface area contributed by atoms with Crippen LogP contribution in [0, 0.1) is 0 Å². The molecule has 7 nitrogen and oxygen atoms in total. The number of aliphatic hydroxyl groups excluding tert-OH is 1. The number of likely N-dealkylation sites (N-methyl/N-ethyl adjacent to an activating group) is 1. The van der Waals surface area contributed by atoms with Crippen LogP contribution in [0.25, 0.3) is 16.7 Å². The molecule has 1 aromatic carbocycles. The molecule has 3 aromatic rings. The second-order valence-corrected chi connectivity index (χ2v) is 7.55. The number of nitrogens with zero attached hydrogens (tertiary/aromatic N) is 3. The third-order valence-corrected chi connectivity index (χ3v) is 5.94. The van der Waals surface area contributed by atoms with Crippen LogP contribution in [0.3, 0.4) is 0 Å². The lowest BCUT2D eigenvalue weighted by atomic mass is 9.96. The maximum atomic E-state index is 13.1. The van der Waals surface area contributed by atoms with Gasteiger partial charge in [0, 0.05) is 48.1 Å². The van der Waals surface area contributed by atoms with Crippen molar-refractivity contribution in [2.75, 3.05) is 26.2 Å². The zero-order valence-corrected chi connectivity index (χ0v) is 17.7. The largest absolute Gasteiger partial charge is 0.507 e. The van der Waals surface area contributed by atoms with E-state index < -0.39 is 17.7 Å². The lowest BCUT2D eigenvalue weighted by Crippen LogP contribution is -2.38. The van der Waals surface area contributed by atoms with Gasteiger partial charge >= 0.3 is 0 Å². The van der Waals surface area contributed by atoms with Crippen LogP contribution in [0.15, 0.2) is 60.6 Å². The molecule has 1 aliphatic rings. The van der Waals surface area contributed by atoms with Crippen molar-refractivity contribution in [1.29, 1.82) is 0 Å². The van der Waals surface area contributed by atoms with Crippen LogP contribution in [0.1, 0.15) is 31.0 Å². The predicted molar refractivity (Wildman–Crippen MR) is 119 cm³/mol. The summed E-state index contributed by atoms with van der Waals surface area (Å²) in [5, 5.41) is 12.0. The Morgan fingerprint density at radius 2 is 1.94 bits per heavy atom. The first-order valence-electron chi connectivity index (χ1n) is 10.5. The van der Waals surface area contributed by atoms with Gasteiger partial charge in [-0.2, -0.15) is 0 Å². The van der Waals surface area contributed by atoms with E-state index >= 15 is 0 Å². The number of ketones is 1. The molecule has 2 aromatic heterocycles. The van der Waals surface area contributed by atoms with Gasteiger partial charge in [0.15, 0.2) is 0 Å². The second-order valence-electron chi connectivity index (χ2n) is 7.55. The zero-order valence-electron chi connectivity index (χ0n) is 17.7. The normalized spacial score (nSPS) is 18.4. The van der Waals surface area contributed by atoms with Crippen molar-refractivity contribution < 1.29 is 14.7 Å². The van der Waals surface area contributed by atoms with Crippen molar-refractivity contribution in [1.82, 2.24) is 19.8 Å². The molecule has 4 rings (SSSR count). The Labute approximate surface area is 181 Å². The number of benzene rings is 1. The van der Waals surface area contributed by atoms with Gasteiger partial charge in [0.05, 0.1) is 11.6 Å². The zero-order chi connectivity index (χ0) is 22.0. The van der Waals surface area contributed by atoms with Crippen LogP contribution < -0.4 is 0 Å². The van der Waals surface area contributed by atoms with Gasteiger partial charge in [-0.3, -0.25) is 14.6 Å².